The van der Waals surface area contributed by atoms with Crippen LogP contribution in [0.3, 0.4) is 0 Å². The molecule has 2 N–H and O–H groups in total. The molecule has 3 aromatic rings. The van der Waals surface area contributed by atoms with Gasteiger partial charge < -0.3 is 24.8 Å². The van der Waals surface area contributed by atoms with Crippen LogP contribution in [0, 0.1) is 13.8 Å². The zero-order valence-corrected chi connectivity index (χ0v) is 16.5. The van der Waals surface area contributed by atoms with Crippen molar-refractivity contribution in [1.82, 2.24) is 15.2 Å². The Balaban J connectivity index is 1.86. The minimum absolute atomic E-state index is 0.338. The number of anilines is 4. The van der Waals surface area contributed by atoms with Gasteiger partial charge in [0, 0.05) is 23.5 Å². The van der Waals surface area contributed by atoms with Gasteiger partial charge >= 0.3 is 0 Å². The quantitative estimate of drug-likeness (QED) is 0.635. The molecule has 0 atom stereocenters. The number of aryl methyl sites for hydroxylation is 1. The van der Waals surface area contributed by atoms with Gasteiger partial charge in [-0.3, -0.25) is 0 Å². The predicted octanol–water partition coefficient (Wildman–Crippen LogP) is 4.00. The smallest absolute Gasteiger partial charge is 0.249 e. The van der Waals surface area contributed by atoms with Gasteiger partial charge in [0.05, 0.1) is 27.5 Å². The van der Waals surface area contributed by atoms with Crippen LogP contribution in [0.15, 0.2) is 36.5 Å². The summed E-state index contributed by atoms with van der Waals surface area (Å²) in [6, 6.07) is 9.60. The van der Waals surface area contributed by atoms with Gasteiger partial charge in [-0.15, -0.1) is 5.10 Å². The first-order valence-corrected chi connectivity index (χ1v) is 8.65. The van der Waals surface area contributed by atoms with Gasteiger partial charge in [0.1, 0.15) is 0 Å². The SMILES string of the molecule is COc1cc(Nc2nncc(Nc3cccc(C)c3C)n2)cc(OC)c1OC. The van der Waals surface area contributed by atoms with Crippen LogP contribution in [-0.2, 0) is 0 Å². The third-order valence-electron chi connectivity index (χ3n) is 4.35. The second-order valence-electron chi connectivity index (χ2n) is 6.08. The largest absolute Gasteiger partial charge is 0.493 e. The lowest BCUT2D eigenvalue weighted by molar-refractivity contribution is 0.324. The summed E-state index contributed by atoms with van der Waals surface area (Å²) < 4.78 is 16.1. The highest BCUT2D eigenvalue weighted by atomic mass is 16.5. The molecule has 1 heterocycles. The zero-order valence-electron chi connectivity index (χ0n) is 16.5. The monoisotopic (exact) mass is 381 g/mol. The molecule has 146 valence electrons. The van der Waals surface area contributed by atoms with Crippen LogP contribution in [0.1, 0.15) is 11.1 Å². The van der Waals surface area contributed by atoms with E-state index in [0.717, 1.165) is 11.3 Å². The van der Waals surface area contributed by atoms with Gasteiger partial charge in [0.25, 0.3) is 0 Å². The van der Waals surface area contributed by atoms with Crippen molar-refractivity contribution in [3.8, 4) is 17.2 Å². The molecule has 8 nitrogen and oxygen atoms in total. The number of nitrogens with zero attached hydrogens (tertiary/aromatic N) is 3. The zero-order chi connectivity index (χ0) is 20.1. The first-order chi connectivity index (χ1) is 13.5. The highest BCUT2D eigenvalue weighted by Gasteiger charge is 2.14. The Morgan fingerprint density at radius 1 is 0.893 bits per heavy atom. The summed E-state index contributed by atoms with van der Waals surface area (Å²) in [6.07, 6.45) is 1.57. The molecule has 3 rings (SSSR count). The highest BCUT2D eigenvalue weighted by Crippen LogP contribution is 2.40. The molecular formula is C20H23N5O3. The van der Waals surface area contributed by atoms with Crippen molar-refractivity contribution in [3.63, 3.8) is 0 Å². The summed E-state index contributed by atoms with van der Waals surface area (Å²) in [5.74, 6) is 2.49. The number of ether oxygens (including phenoxy) is 3. The number of methoxy groups -OCH3 is 3. The molecular weight excluding hydrogens is 358 g/mol. The summed E-state index contributed by atoms with van der Waals surface area (Å²) in [6.45, 7) is 4.12. The van der Waals surface area contributed by atoms with Gasteiger partial charge in [-0.25, -0.2) is 0 Å². The van der Waals surface area contributed by atoms with E-state index in [9.17, 15) is 0 Å². The molecule has 0 saturated carbocycles. The van der Waals surface area contributed by atoms with E-state index in [1.165, 1.54) is 5.56 Å². The fourth-order valence-corrected chi connectivity index (χ4v) is 2.72. The van der Waals surface area contributed by atoms with E-state index < -0.39 is 0 Å². The molecule has 0 saturated heterocycles. The maximum atomic E-state index is 5.37. The molecule has 0 amide bonds. The Bertz CT molecular complexity index is 953. The first kappa shape index (κ1) is 19.2. The van der Waals surface area contributed by atoms with E-state index in [0.29, 0.717) is 34.7 Å². The minimum atomic E-state index is 0.338. The van der Waals surface area contributed by atoms with Crippen molar-refractivity contribution in [2.24, 2.45) is 0 Å². The molecule has 0 unspecified atom stereocenters. The molecule has 1 aromatic heterocycles. The van der Waals surface area contributed by atoms with Crippen LogP contribution in [0.4, 0.5) is 23.1 Å². The van der Waals surface area contributed by atoms with Crippen LogP contribution in [-0.4, -0.2) is 36.5 Å². The van der Waals surface area contributed by atoms with E-state index in [1.54, 1.807) is 39.7 Å². The topological polar surface area (TPSA) is 90.4 Å². The normalized spacial score (nSPS) is 10.3. The third kappa shape index (κ3) is 4.06. The molecule has 8 heteroatoms. The third-order valence-corrected chi connectivity index (χ3v) is 4.35. The number of rotatable bonds is 7. The lowest BCUT2D eigenvalue weighted by Gasteiger charge is -2.15. The Labute approximate surface area is 163 Å². The van der Waals surface area contributed by atoms with Crippen LogP contribution in [0.25, 0.3) is 0 Å². The van der Waals surface area contributed by atoms with Crippen molar-refractivity contribution in [3.05, 3.63) is 47.7 Å². The van der Waals surface area contributed by atoms with E-state index >= 15 is 0 Å². The number of hydrogen-bond acceptors (Lipinski definition) is 8. The number of nitrogens with one attached hydrogen (secondary N) is 2. The van der Waals surface area contributed by atoms with Gasteiger partial charge in [-0.1, -0.05) is 12.1 Å². The Morgan fingerprint density at radius 2 is 1.61 bits per heavy atom. The second kappa shape index (κ2) is 8.43. The summed E-state index contributed by atoms with van der Waals surface area (Å²) in [4.78, 5) is 4.48. The van der Waals surface area contributed by atoms with Crippen molar-refractivity contribution in [2.75, 3.05) is 32.0 Å². The van der Waals surface area contributed by atoms with Crippen molar-refractivity contribution >= 4 is 23.1 Å². The van der Waals surface area contributed by atoms with Gasteiger partial charge in [0.2, 0.25) is 11.7 Å². The molecule has 0 spiro atoms. The number of benzene rings is 2. The Kier molecular flexibility index (Phi) is 5.78. The summed E-state index contributed by atoms with van der Waals surface area (Å²) >= 11 is 0. The van der Waals surface area contributed by atoms with E-state index in [4.69, 9.17) is 14.2 Å². The van der Waals surface area contributed by atoms with Gasteiger partial charge in [-0.2, -0.15) is 10.1 Å². The van der Waals surface area contributed by atoms with Crippen molar-refractivity contribution in [2.45, 2.75) is 13.8 Å². The van der Waals surface area contributed by atoms with Crippen LogP contribution >= 0.6 is 0 Å². The lowest BCUT2D eigenvalue weighted by Crippen LogP contribution is -2.04. The Morgan fingerprint density at radius 3 is 2.25 bits per heavy atom. The van der Waals surface area contributed by atoms with Crippen LogP contribution < -0.4 is 24.8 Å². The molecule has 28 heavy (non-hydrogen) atoms. The summed E-state index contributed by atoms with van der Waals surface area (Å²) in [7, 11) is 4.69. The number of hydrogen-bond donors (Lipinski definition) is 2. The predicted molar refractivity (Wildman–Crippen MR) is 108 cm³/mol. The van der Waals surface area contributed by atoms with Crippen molar-refractivity contribution in [1.29, 1.82) is 0 Å². The summed E-state index contributed by atoms with van der Waals surface area (Å²) in [5, 5.41) is 14.5. The number of aromatic nitrogens is 3. The molecule has 2 aromatic carbocycles. The lowest BCUT2D eigenvalue weighted by atomic mass is 10.1. The first-order valence-electron chi connectivity index (χ1n) is 8.65. The molecule has 0 aliphatic carbocycles. The van der Waals surface area contributed by atoms with Gasteiger partial charge in [-0.05, 0) is 31.0 Å². The standard InChI is InChI=1S/C20H23N5O3/c1-12-7-6-8-15(13(12)2)23-18-11-21-25-20(24-18)22-14-9-16(26-3)19(28-5)17(10-14)27-4/h6-11H,1-5H3,(H2,22,23,24,25). The Hall–Kier alpha value is -3.55. The fourth-order valence-electron chi connectivity index (χ4n) is 2.72. The minimum Gasteiger partial charge on any atom is -0.493 e. The molecule has 0 aliphatic rings. The fraction of sp³-hybridized carbons (Fsp3) is 0.250. The van der Waals surface area contributed by atoms with Gasteiger partial charge in [0.15, 0.2) is 17.3 Å². The maximum absolute atomic E-state index is 5.37. The van der Waals surface area contributed by atoms with E-state index in [1.807, 2.05) is 12.1 Å². The molecule has 0 radical (unpaired) electrons. The molecule has 0 bridgehead atoms. The second-order valence-corrected chi connectivity index (χ2v) is 6.08. The van der Waals surface area contributed by atoms with E-state index in [-0.39, 0.29) is 0 Å². The van der Waals surface area contributed by atoms with Crippen molar-refractivity contribution < 1.29 is 14.2 Å². The average molecular weight is 381 g/mol. The van der Waals surface area contributed by atoms with Crippen LogP contribution in [0.2, 0.25) is 0 Å². The molecule has 0 aliphatic heterocycles. The maximum Gasteiger partial charge on any atom is 0.249 e. The average Bonchev–Trinajstić information content (AvgIpc) is 2.71. The highest BCUT2D eigenvalue weighted by molar-refractivity contribution is 5.67. The molecule has 0 fully saturated rings. The summed E-state index contributed by atoms with van der Waals surface area (Å²) in [5.41, 5.74) is 4.00. The van der Waals surface area contributed by atoms with Crippen LogP contribution in [0.5, 0.6) is 17.2 Å². The van der Waals surface area contributed by atoms with E-state index in [2.05, 4.69) is 45.7 Å².